The van der Waals surface area contributed by atoms with Crippen LogP contribution in [-0.4, -0.2) is 87.9 Å². The molecule has 28 heavy (non-hydrogen) atoms. The molecule has 1 saturated heterocycles. The molecule has 1 N–H and O–H groups in total. The zero-order valence-corrected chi connectivity index (χ0v) is 17.6. The summed E-state index contributed by atoms with van der Waals surface area (Å²) in [5.41, 5.74) is 0.948. The number of hydrogen-bond donors (Lipinski definition) is 1. The number of aliphatic imine (C=N–C) groups is 1. The van der Waals surface area contributed by atoms with Gasteiger partial charge in [-0.15, -0.1) is 0 Å². The lowest BCUT2D eigenvalue weighted by molar-refractivity contribution is -0.131. The summed E-state index contributed by atoms with van der Waals surface area (Å²) < 4.78 is 10.4. The van der Waals surface area contributed by atoms with Crippen LogP contribution in [0.25, 0.3) is 0 Å². The van der Waals surface area contributed by atoms with E-state index in [0.29, 0.717) is 50.9 Å². The van der Waals surface area contributed by atoms with E-state index in [1.54, 1.807) is 7.11 Å². The topological polar surface area (TPSA) is 66.4 Å². The molecule has 0 unspecified atom stereocenters. The average molecular weight is 411 g/mol. The van der Waals surface area contributed by atoms with Gasteiger partial charge in [-0.1, -0.05) is 23.7 Å². The van der Waals surface area contributed by atoms with Crippen molar-refractivity contribution in [3.8, 4) is 0 Å². The van der Waals surface area contributed by atoms with E-state index in [2.05, 4.69) is 22.1 Å². The van der Waals surface area contributed by atoms with E-state index in [9.17, 15) is 4.79 Å². The highest BCUT2D eigenvalue weighted by atomic mass is 35.5. The number of guanidine groups is 1. The fraction of sp³-hybridized carbons (Fsp3) is 0.600. The highest BCUT2D eigenvalue weighted by Crippen LogP contribution is 2.13. The van der Waals surface area contributed by atoms with Crippen molar-refractivity contribution in [3.63, 3.8) is 0 Å². The van der Waals surface area contributed by atoms with Crippen molar-refractivity contribution in [2.24, 2.45) is 4.99 Å². The molecule has 1 amide bonds. The number of nitrogens with one attached hydrogen (secondary N) is 1. The maximum absolute atomic E-state index is 12.6. The van der Waals surface area contributed by atoms with Crippen LogP contribution in [0.3, 0.4) is 0 Å². The van der Waals surface area contributed by atoms with E-state index in [0.717, 1.165) is 31.2 Å². The molecule has 0 radical (unpaired) electrons. The van der Waals surface area contributed by atoms with Gasteiger partial charge in [-0.05, 0) is 24.6 Å². The predicted octanol–water partition coefficient (Wildman–Crippen LogP) is 1.66. The van der Waals surface area contributed by atoms with Crippen molar-refractivity contribution in [1.29, 1.82) is 0 Å². The number of nitrogens with zero attached hydrogens (tertiary/aromatic N) is 3. The van der Waals surface area contributed by atoms with Crippen LogP contribution in [0.4, 0.5) is 0 Å². The van der Waals surface area contributed by atoms with E-state index in [1.165, 1.54) is 0 Å². The second kappa shape index (κ2) is 12.6. The van der Waals surface area contributed by atoms with Gasteiger partial charge in [0.05, 0.1) is 32.8 Å². The minimum absolute atomic E-state index is 0.135. The summed E-state index contributed by atoms with van der Waals surface area (Å²) >= 11 is 6.01. The number of carbonyl (C=O) groups is 1. The molecule has 0 aliphatic carbocycles. The Morgan fingerprint density at radius 1 is 1.18 bits per heavy atom. The Kier molecular flexibility index (Phi) is 10.1. The Morgan fingerprint density at radius 2 is 1.93 bits per heavy atom. The van der Waals surface area contributed by atoms with Crippen molar-refractivity contribution < 1.29 is 14.3 Å². The summed E-state index contributed by atoms with van der Waals surface area (Å²) in [5.74, 6) is 1.01. The average Bonchev–Trinajstić information content (AvgIpc) is 2.70. The maximum atomic E-state index is 12.6. The number of carbonyl (C=O) groups excluding carboxylic acids is 1. The van der Waals surface area contributed by atoms with E-state index < -0.39 is 0 Å². The zero-order valence-electron chi connectivity index (χ0n) is 16.8. The first kappa shape index (κ1) is 22.5. The van der Waals surface area contributed by atoms with Crippen LogP contribution in [0, 0.1) is 0 Å². The number of benzene rings is 1. The van der Waals surface area contributed by atoms with Crippen molar-refractivity contribution in [2.45, 2.75) is 13.3 Å². The van der Waals surface area contributed by atoms with E-state index in [1.807, 2.05) is 29.2 Å². The number of methoxy groups -OCH3 is 1. The molecule has 0 spiro atoms. The molecule has 1 aromatic carbocycles. The van der Waals surface area contributed by atoms with Gasteiger partial charge in [0.1, 0.15) is 0 Å². The van der Waals surface area contributed by atoms with Gasteiger partial charge in [0.15, 0.2) is 5.96 Å². The third-order valence-corrected chi connectivity index (χ3v) is 4.68. The van der Waals surface area contributed by atoms with Gasteiger partial charge in [-0.3, -0.25) is 9.79 Å². The lowest BCUT2D eigenvalue weighted by atomic mass is 10.1. The molecule has 156 valence electrons. The summed E-state index contributed by atoms with van der Waals surface area (Å²) in [5, 5.41) is 3.98. The van der Waals surface area contributed by atoms with E-state index >= 15 is 0 Å². The molecule has 8 heteroatoms. The smallest absolute Gasteiger partial charge is 0.227 e. The van der Waals surface area contributed by atoms with E-state index in [4.69, 9.17) is 21.1 Å². The first-order chi connectivity index (χ1) is 13.6. The second-order valence-corrected chi connectivity index (χ2v) is 6.95. The second-order valence-electron chi connectivity index (χ2n) is 6.52. The molecule has 1 aliphatic heterocycles. The Labute approximate surface area is 172 Å². The molecule has 0 aromatic heterocycles. The van der Waals surface area contributed by atoms with Crippen molar-refractivity contribution in [3.05, 3.63) is 34.9 Å². The fourth-order valence-electron chi connectivity index (χ4n) is 2.99. The number of ether oxygens (including phenoxy) is 2. The third-order valence-electron chi connectivity index (χ3n) is 4.44. The van der Waals surface area contributed by atoms with Crippen LogP contribution in [0.2, 0.25) is 5.02 Å². The maximum Gasteiger partial charge on any atom is 0.227 e. The first-order valence-electron chi connectivity index (χ1n) is 9.76. The number of amides is 1. The van der Waals surface area contributed by atoms with Gasteiger partial charge >= 0.3 is 0 Å². The van der Waals surface area contributed by atoms with Crippen LogP contribution in [0.1, 0.15) is 12.5 Å². The van der Waals surface area contributed by atoms with Gasteiger partial charge < -0.3 is 24.6 Å². The highest BCUT2D eigenvalue weighted by Gasteiger charge is 2.23. The summed E-state index contributed by atoms with van der Waals surface area (Å²) in [6.07, 6.45) is 0.382. The third kappa shape index (κ3) is 7.66. The number of piperazine rings is 1. The summed E-state index contributed by atoms with van der Waals surface area (Å²) in [6, 6.07) is 7.48. The number of rotatable bonds is 9. The van der Waals surface area contributed by atoms with Crippen molar-refractivity contribution in [1.82, 2.24) is 15.1 Å². The number of halogens is 1. The molecule has 1 heterocycles. The minimum atomic E-state index is 0.135. The standard InChI is InChI=1S/C20H31ClN4O3/c1-3-22-20(23-7-12-28-14-13-27-2)25-10-8-24(9-11-25)19(26)16-17-5-4-6-18(21)15-17/h4-6,15H,3,7-14,16H2,1-2H3,(H,22,23). The molecule has 0 atom stereocenters. The monoisotopic (exact) mass is 410 g/mol. The Bertz CT molecular complexity index is 634. The summed E-state index contributed by atoms with van der Waals surface area (Å²) in [7, 11) is 1.66. The van der Waals surface area contributed by atoms with Crippen LogP contribution in [0.5, 0.6) is 0 Å². The molecule has 7 nitrogen and oxygen atoms in total. The minimum Gasteiger partial charge on any atom is -0.382 e. The van der Waals surface area contributed by atoms with Crippen LogP contribution in [0.15, 0.2) is 29.3 Å². The molecule has 2 rings (SSSR count). The molecular weight excluding hydrogens is 380 g/mol. The van der Waals surface area contributed by atoms with Gasteiger partial charge in [-0.2, -0.15) is 0 Å². The molecular formula is C20H31ClN4O3. The van der Waals surface area contributed by atoms with Gasteiger partial charge in [0, 0.05) is 44.9 Å². The van der Waals surface area contributed by atoms with Crippen LogP contribution < -0.4 is 5.32 Å². The number of hydrogen-bond acceptors (Lipinski definition) is 4. The van der Waals surface area contributed by atoms with Gasteiger partial charge in [0.2, 0.25) is 5.91 Å². The Hall–Kier alpha value is -1.83. The van der Waals surface area contributed by atoms with Gasteiger partial charge in [0.25, 0.3) is 0 Å². The van der Waals surface area contributed by atoms with Crippen molar-refractivity contribution >= 4 is 23.5 Å². The van der Waals surface area contributed by atoms with Crippen LogP contribution >= 0.6 is 11.6 Å². The Balaban J connectivity index is 1.79. The lowest BCUT2D eigenvalue weighted by Crippen LogP contribution is -2.54. The quantitative estimate of drug-likeness (QED) is 0.381. The largest absolute Gasteiger partial charge is 0.382 e. The van der Waals surface area contributed by atoms with Gasteiger partial charge in [-0.25, -0.2) is 0 Å². The highest BCUT2D eigenvalue weighted by molar-refractivity contribution is 6.30. The molecule has 1 aliphatic rings. The molecule has 1 fully saturated rings. The van der Waals surface area contributed by atoms with E-state index in [-0.39, 0.29) is 5.91 Å². The summed E-state index contributed by atoms with van der Waals surface area (Å²) in [4.78, 5) is 21.3. The molecule has 0 bridgehead atoms. The molecule has 0 saturated carbocycles. The normalized spacial score (nSPS) is 15.0. The summed E-state index contributed by atoms with van der Waals surface area (Å²) in [6.45, 7) is 8.09. The predicted molar refractivity (Wildman–Crippen MR) is 112 cm³/mol. The lowest BCUT2D eigenvalue weighted by Gasteiger charge is -2.36. The Morgan fingerprint density at radius 3 is 2.61 bits per heavy atom. The molecule has 1 aromatic rings. The first-order valence-corrected chi connectivity index (χ1v) is 10.1. The zero-order chi connectivity index (χ0) is 20.2. The van der Waals surface area contributed by atoms with Crippen LogP contribution in [-0.2, 0) is 20.7 Å². The van der Waals surface area contributed by atoms with Crippen molar-refractivity contribution in [2.75, 3.05) is 66.2 Å². The fourth-order valence-corrected chi connectivity index (χ4v) is 3.20. The SMILES string of the molecule is CCNC(=NCCOCCOC)N1CCN(C(=O)Cc2cccc(Cl)c2)CC1.